The molecule has 3 atom stereocenters. The maximum atomic E-state index is 13.2. The van der Waals surface area contributed by atoms with Crippen LogP contribution >= 0.6 is 0 Å². The van der Waals surface area contributed by atoms with Crippen molar-refractivity contribution in [3.05, 3.63) is 0 Å². The van der Waals surface area contributed by atoms with Crippen molar-refractivity contribution in [2.75, 3.05) is 0 Å². The first-order chi connectivity index (χ1) is 4.93. The lowest BCUT2D eigenvalue weighted by atomic mass is 9.93. The molecule has 0 saturated carbocycles. The van der Waals surface area contributed by atoms with Crippen LogP contribution in [0.1, 0.15) is 20.3 Å². The molecule has 0 unspecified atom stereocenters. The highest BCUT2D eigenvalue weighted by Gasteiger charge is 2.38. The number of amidine groups is 1. The molecule has 4 heteroatoms. The molecule has 0 bridgehead atoms. The Kier molecular flexibility index (Phi) is 1.86. The van der Waals surface area contributed by atoms with Gasteiger partial charge in [0.1, 0.15) is 12.0 Å². The molecule has 0 aromatic rings. The Morgan fingerprint density at radius 2 is 2.27 bits per heavy atom. The van der Waals surface area contributed by atoms with Gasteiger partial charge in [0, 0.05) is 6.42 Å². The Labute approximate surface area is 64.5 Å². The van der Waals surface area contributed by atoms with Crippen LogP contribution in [-0.4, -0.2) is 23.7 Å². The molecule has 0 aromatic carbocycles. The van der Waals surface area contributed by atoms with Gasteiger partial charge in [-0.25, -0.2) is 8.78 Å². The molecule has 0 fully saturated rings. The van der Waals surface area contributed by atoms with Crippen LogP contribution in [0.5, 0.6) is 0 Å². The number of alkyl halides is 2. The van der Waals surface area contributed by atoms with Gasteiger partial charge >= 0.3 is 0 Å². The maximum absolute atomic E-state index is 13.2. The van der Waals surface area contributed by atoms with Crippen molar-refractivity contribution in [2.24, 2.45) is 10.7 Å². The van der Waals surface area contributed by atoms with Gasteiger partial charge in [0.15, 0.2) is 5.67 Å². The second-order valence-corrected chi connectivity index (χ2v) is 3.17. The molecule has 64 valence electrons. The van der Waals surface area contributed by atoms with Gasteiger partial charge < -0.3 is 5.73 Å². The molecular formula is C7H12F2N2. The predicted molar refractivity (Wildman–Crippen MR) is 40.1 cm³/mol. The average Bonchev–Trinajstić information content (AvgIpc) is 1.83. The highest BCUT2D eigenvalue weighted by molar-refractivity contribution is 5.89. The van der Waals surface area contributed by atoms with Gasteiger partial charge in [-0.2, -0.15) is 0 Å². The zero-order valence-electron chi connectivity index (χ0n) is 6.64. The Balaban J connectivity index is 2.86. The van der Waals surface area contributed by atoms with Crippen LogP contribution in [-0.2, 0) is 0 Å². The summed E-state index contributed by atoms with van der Waals surface area (Å²) in [6.07, 6.45) is -1.39. The van der Waals surface area contributed by atoms with Gasteiger partial charge in [0.2, 0.25) is 0 Å². The van der Waals surface area contributed by atoms with Crippen molar-refractivity contribution in [1.82, 2.24) is 0 Å². The van der Waals surface area contributed by atoms with Crippen molar-refractivity contribution in [2.45, 2.75) is 38.2 Å². The zero-order chi connectivity index (χ0) is 8.65. The van der Waals surface area contributed by atoms with Gasteiger partial charge in [-0.3, -0.25) is 4.99 Å². The van der Waals surface area contributed by atoms with Crippen LogP contribution in [0, 0.1) is 0 Å². The summed E-state index contributed by atoms with van der Waals surface area (Å²) >= 11 is 0. The number of hydrogen-bond donors (Lipinski definition) is 1. The van der Waals surface area contributed by atoms with Crippen LogP contribution in [0.25, 0.3) is 0 Å². The van der Waals surface area contributed by atoms with E-state index in [1.807, 2.05) is 0 Å². The monoisotopic (exact) mass is 162 g/mol. The molecule has 0 saturated heterocycles. The second-order valence-electron chi connectivity index (χ2n) is 3.17. The van der Waals surface area contributed by atoms with E-state index in [0.717, 1.165) is 0 Å². The third kappa shape index (κ3) is 1.49. The standard InChI is InChI=1S/C7H12F2N2/c1-4-5(8)3-7(2,9)6(10)11-4/h4-5H,3H2,1-2H3,(H2,10,11)/t4-,5+,7-/m1/s1. The van der Waals surface area contributed by atoms with Crippen LogP contribution in [0.3, 0.4) is 0 Å². The molecule has 0 radical (unpaired) electrons. The van der Waals surface area contributed by atoms with E-state index in [2.05, 4.69) is 4.99 Å². The molecule has 2 nitrogen and oxygen atoms in total. The fourth-order valence-corrected chi connectivity index (χ4v) is 1.08. The minimum Gasteiger partial charge on any atom is -0.385 e. The van der Waals surface area contributed by atoms with Crippen LogP contribution in [0.2, 0.25) is 0 Å². The summed E-state index contributed by atoms with van der Waals surface area (Å²) in [5.41, 5.74) is 3.52. The third-order valence-electron chi connectivity index (χ3n) is 1.98. The van der Waals surface area contributed by atoms with Gasteiger partial charge in [-0.1, -0.05) is 0 Å². The maximum Gasteiger partial charge on any atom is 0.167 e. The first-order valence-corrected chi connectivity index (χ1v) is 3.60. The van der Waals surface area contributed by atoms with Crippen LogP contribution in [0.15, 0.2) is 4.99 Å². The lowest BCUT2D eigenvalue weighted by Gasteiger charge is -2.29. The molecule has 1 rings (SSSR count). The van der Waals surface area contributed by atoms with Gasteiger partial charge in [0.05, 0.1) is 6.04 Å². The minimum absolute atomic E-state index is 0.0844. The molecule has 0 amide bonds. The molecule has 1 heterocycles. The van der Waals surface area contributed by atoms with Crippen molar-refractivity contribution in [3.63, 3.8) is 0 Å². The number of rotatable bonds is 0. The molecular weight excluding hydrogens is 150 g/mol. The highest BCUT2D eigenvalue weighted by atomic mass is 19.2. The summed E-state index contributed by atoms with van der Waals surface area (Å²) in [6, 6.07) is -0.501. The molecule has 0 aliphatic carbocycles. The predicted octanol–water partition coefficient (Wildman–Crippen LogP) is 1.20. The largest absolute Gasteiger partial charge is 0.385 e. The molecule has 1 aliphatic rings. The Bertz CT molecular complexity index is 189. The Morgan fingerprint density at radius 1 is 1.73 bits per heavy atom. The first-order valence-electron chi connectivity index (χ1n) is 3.60. The first kappa shape index (κ1) is 8.43. The summed E-state index contributed by atoms with van der Waals surface area (Å²) in [4.78, 5) is 3.66. The molecule has 2 N–H and O–H groups in total. The van der Waals surface area contributed by atoms with Crippen molar-refractivity contribution in [3.8, 4) is 0 Å². The fraction of sp³-hybridized carbons (Fsp3) is 0.857. The minimum atomic E-state index is -1.76. The topological polar surface area (TPSA) is 38.4 Å². The van der Waals surface area contributed by atoms with E-state index >= 15 is 0 Å². The molecule has 0 spiro atoms. The SMILES string of the molecule is C[C@H]1N=C(N)[C@](C)(F)C[C@@H]1F. The lowest BCUT2D eigenvalue weighted by molar-refractivity contribution is 0.156. The van der Waals surface area contributed by atoms with Gasteiger partial charge in [-0.15, -0.1) is 0 Å². The highest BCUT2D eigenvalue weighted by Crippen LogP contribution is 2.27. The van der Waals surface area contributed by atoms with E-state index in [1.54, 1.807) is 6.92 Å². The summed E-state index contributed by atoms with van der Waals surface area (Å²) < 4.78 is 26.0. The number of nitrogens with zero attached hydrogens (tertiary/aromatic N) is 1. The van der Waals surface area contributed by atoms with E-state index in [0.29, 0.717) is 0 Å². The Hall–Kier alpha value is -0.670. The van der Waals surface area contributed by atoms with E-state index in [4.69, 9.17) is 5.73 Å². The zero-order valence-corrected chi connectivity index (χ0v) is 6.64. The number of halogens is 2. The number of hydrogen-bond acceptors (Lipinski definition) is 2. The summed E-state index contributed by atoms with van der Waals surface area (Å²) in [5.74, 6) is -0.0844. The normalized spacial score (nSPS) is 45.3. The molecule has 1 aliphatic heterocycles. The number of nitrogens with two attached hydrogens (primary N) is 1. The van der Waals surface area contributed by atoms with Crippen molar-refractivity contribution >= 4 is 5.84 Å². The van der Waals surface area contributed by atoms with Crippen molar-refractivity contribution < 1.29 is 8.78 Å². The van der Waals surface area contributed by atoms with Gasteiger partial charge in [-0.05, 0) is 13.8 Å². The molecule has 0 aromatic heterocycles. The van der Waals surface area contributed by atoms with Crippen LogP contribution < -0.4 is 5.73 Å². The quantitative estimate of drug-likeness (QED) is 0.571. The van der Waals surface area contributed by atoms with Gasteiger partial charge in [0.25, 0.3) is 0 Å². The van der Waals surface area contributed by atoms with Crippen molar-refractivity contribution in [1.29, 1.82) is 0 Å². The average molecular weight is 162 g/mol. The molecule has 11 heavy (non-hydrogen) atoms. The van der Waals surface area contributed by atoms with E-state index in [9.17, 15) is 8.78 Å². The summed E-state index contributed by atoms with van der Waals surface area (Å²) in [5, 5.41) is 0. The van der Waals surface area contributed by atoms with E-state index < -0.39 is 17.9 Å². The third-order valence-corrected chi connectivity index (χ3v) is 1.98. The summed E-state index contributed by atoms with van der Waals surface area (Å²) in [7, 11) is 0. The fourth-order valence-electron chi connectivity index (χ4n) is 1.08. The lowest BCUT2D eigenvalue weighted by Crippen LogP contribution is -2.46. The Morgan fingerprint density at radius 3 is 2.73 bits per heavy atom. The summed E-state index contributed by atoms with van der Waals surface area (Å²) in [6.45, 7) is 2.84. The smallest absolute Gasteiger partial charge is 0.167 e. The number of aliphatic imine (C=N–C) groups is 1. The van der Waals surface area contributed by atoms with E-state index in [-0.39, 0.29) is 12.3 Å². The second kappa shape index (κ2) is 2.43. The van der Waals surface area contributed by atoms with E-state index in [1.165, 1.54) is 6.92 Å². The van der Waals surface area contributed by atoms with Crippen LogP contribution in [0.4, 0.5) is 8.78 Å².